The molecule has 88 valence electrons. The lowest BCUT2D eigenvalue weighted by atomic mass is 9.93. The van der Waals surface area contributed by atoms with Gasteiger partial charge in [-0.1, -0.05) is 44.5 Å². The van der Waals surface area contributed by atoms with Crippen LogP contribution in [-0.4, -0.2) is 6.54 Å². The molecule has 0 amide bonds. The second-order valence-electron chi connectivity index (χ2n) is 4.98. The van der Waals surface area contributed by atoms with E-state index in [4.69, 9.17) is 0 Å². The first-order valence-corrected chi connectivity index (χ1v) is 6.64. The number of nitrogens with one attached hydrogen (secondary N) is 1. The van der Waals surface area contributed by atoms with Gasteiger partial charge in [0, 0.05) is 6.04 Å². The third kappa shape index (κ3) is 2.65. The van der Waals surface area contributed by atoms with Crippen molar-refractivity contribution < 1.29 is 0 Å². The fraction of sp³-hybridized carbons (Fsp3) is 0.600. The molecule has 0 radical (unpaired) electrons. The molecule has 1 aromatic carbocycles. The maximum Gasteiger partial charge on any atom is 0.0320 e. The quantitative estimate of drug-likeness (QED) is 0.806. The molecule has 1 aromatic rings. The third-order valence-electron chi connectivity index (χ3n) is 3.83. The number of hydrogen-bond acceptors (Lipinski definition) is 1. The van der Waals surface area contributed by atoms with Gasteiger partial charge in [-0.3, -0.25) is 0 Å². The molecular formula is C15H23N. The summed E-state index contributed by atoms with van der Waals surface area (Å²) in [6.45, 7) is 5.73. The van der Waals surface area contributed by atoms with Crippen molar-refractivity contribution in [2.45, 2.75) is 51.5 Å². The molecule has 1 N–H and O–H groups in total. The van der Waals surface area contributed by atoms with Gasteiger partial charge in [-0.25, -0.2) is 0 Å². The molecule has 0 bridgehead atoms. The van der Waals surface area contributed by atoms with E-state index in [1.54, 1.807) is 0 Å². The van der Waals surface area contributed by atoms with Crippen LogP contribution in [0.4, 0.5) is 0 Å². The number of benzene rings is 1. The Bertz CT molecular complexity index is 309. The van der Waals surface area contributed by atoms with Gasteiger partial charge in [0.2, 0.25) is 0 Å². The van der Waals surface area contributed by atoms with Gasteiger partial charge >= 0.3 is 0 Å². The van der Waals surface area contributed by atoms with Crippen LogP contribution >= 0.6 is 0 Å². The fourth-order valence-electron chi connectivity index (χ4n) is 2.43. The number of hydrogen-bond donors (Lipinski definition) is 1. The smallest absolute Gasteiger partial charge is 0.0320 e. The van der Waals surface area contributed by atoms with Crippen molar-refractivity contribution >= 4 is 0 Å². The van der Waals surface area contributed by atoms with Crippen LogP contribution in [0.3, 0.4) is 0 Å². The Hall–Kier alpha value is -0.820. The minimum Gasteiger partial charge on any atom is -0.310 e. The molecule has 0 saturated carbocycles. The second-order valence-corrected chi connectivity index (χ2v) is 4.98. The van der Waals surface area contributed by atoms with Crippen molar-refractivity contribution in [2.24, 2.45) is 0 Å². The Morgan fingerprint density at radius 3 is 2.56 bits per heavy atom. The molecule has 1 heteroatoms. The van der Waals surface area contributed by atoms with Crippen LogP contribution in [0.2, 0.25) is 0 Å². The van der Waals surface area contributed by atoms with E-state index in [1.807, 2.05) is 0 Å². The Balaban J connectivity index is 2.06. The van der Waals surface area contributed by atoms with E-state index in [9.17, 15) is 0 Å². The van der Waals surface area contributed by atoms with E-state index in [1.165, 1.54) is 43.4 Å². The summed E-state index contributed by atoms with van der Waals surface area (Å²) in [6, 6.07) is 9.83. The standard InChI is InChI=1S/C15H23N/c1-3-12(2)13-7-9-14(10-8-13)15-6-4-5-11-16-15/h7-10,12,15-16H,3-6,11H2,1-2H3. The lowest BCUT2D eigenvalue weighted by molar-refractivity contribution is 0.412. The van der Waals surface area contributed by atoms with Crippen molar-refractivity contribution in [3.05, 3.63) is 35.4 Å². The highest BCUT2D eigenvalue weighted by Crippen LogP contribution is 2.25. The molecule has 1 saturated heterocycles. The van der Waals surface area contributed by atoms with Gasteiger partial charge in [-0.2, -0.15) is 0 Å². The van der Waals surface area contributed by atoms with E-state index in [2.05, 4.69) is 43.4 Å². The summed E-state index contributed by atoms with van der Waals surface area (Å²) in [5, 5.41) is 3.60. The summed E-state index contributed by atoms with van der Waals surface area (Å²) in [5.41, 5.74) is 2.94. The molecule has 2 rings (SSSR count). The van der Waals surface area contributed by atoms with Crippen LogP contribution in [0.25, 0.3) is 0 Å². The van der Waals surface area contributed by atoms with Gasteiger partial charge in [0.25, 0.3) is 0 Å². The van der Waals surface area contributed by atoms with E-state index in [0.29, 0.717) is 12.0 Å². The van der Waals surface area contributed by atoms with Gasteiger partial charge < -0.3 is 5.32 Å². The topological polar surface area (TPSA) is 12.0 Å². The molecule has 0 aromatic heterocycles. The SMILES string of the molecule is CCC(C)c1ccc(C2CCCCN2)cc1. The normalized spacial score (nSPS) is 23.0. The molecule has 0 spiro atoms. The minimum atomic E-state index is 0.597. The zero-order valence-electron chi connectivity index (χ0n) is 10.5. The van der Waals surface area contributed by atoms with Crippen molar-refractivity contribution in [2.75, 3.05) is 6.54 Å². The van der Waals surface area contributed by atoms with Crippen molar-refractivity contribution in [1.29, 1.82) is 0 Å². The van der Waals surface area contributed by atoms with Gasteiger partial charge in [-0.15, -0.1) is 0 Å². The Morgan fingerprint density at radius 2 is 2.00 bits per heavy atom. The minimum absolute atomic E-state index is 0.597. The Labute approximate surface area is 99.3 Å². The molecular weight excluding hydrogens is 194 g/mol. The van der Waals surface area contributed by atoms with Gasteiger partial charge in [0.15, 0.2) is 0 Å². The molecule has 1 nitrogen and oxygen atoms in total. The van der Waals surface area contributed by atoms with Crippen LogP contribution < -0.4 is 5.32 Å². The second kappa shape index (κ2) is 5.49. The van der Waals surface area contributed by atoms with Gasteiger partial charge in [0.05, 0.1) is 0 Å². The molecule has 0 aliphatic carbocycles. The van der Waals surface area contributed by atoms with E-state index in [0.717, 1.165) is 0 Å². The molecule has 1 heterocycles. The van der Waals surface area contributed by atoms with Crippen molar-refractivity contribution in [3.63, 3.8) is 0 Å². The largest absolute Gasteiger partial charge is 0.310 e. The average molecular weight is 217 g/mol. The maximum atomic E-state index is 3.60. The van der Waals surface area contributed by atoms with Crippen LogP contribution in [0.5, 0.6) is 0 Å². The van der Waals surface area contributed by atoms with Crippen LogP contribution in [0.15, 0.2) is 24.3 Å². The number of piperidine rings is 1. The lowest BCUT2D eigenvalue weighted by Gasteiger charge is -2.24. The van der Waals surface area contributed by atoms with Crippen molar-refractivity contribution in [3.8, 4) is 0 Å². The first-order valence-electron chi connectivity index (χ1n) is 6.64. The van der Waals surface area contributed by atoms with Gasteiger partial charge in [-0.05, 0) is 42.9 Å². The highest BCUT2D eigenvalue weighted by molar-refractivity contribution is 5.27. The maximum absolute atomic E-state index is 3.60. The van der Waals surface area contributed by atoms with E-state index in [-0.39, 0.29) is 0 Å². The summed E-state index contributed by atoms with van der Waals surface area (Å²) < 4.78 is 0. The Kier molecular flexibility index (Phi) is 4.00. The summed E-state index contributed by atoms with van der Waals surface area (Å²) in [5.74, 6) is 0.688. The third-order valence-corrected chi connectivity index (χ3v) is 3.83. The van der Waals surface area contributed by atoms with E-state index < -0.39 is 0 Å². The van der Waals surface area contributed by atoms with Crippen LogP contribution in [0, 0.1) is 0 Å². The molecule has 1 aliphatic rings. The predicted octanol–water partition coefficient (Wildman–Crippen LogP) is 4.01. The zero-order chi connectivity index (χ0) is 11.4. The van der Waals surface area contributed by atoms with Crippen LogP contribution in [-0.2, 0) is 0 Å². The summed E-state index contributed by atoms with van der Waals surface area (Å²) in [7, 11) is 0. The zero-order valence-corrected chi connectivity index (χ0v) is 10.5. The molecule has 2 unspecified atom stereocenters. The Morgan fingerprint density at radius 1 is 1.25 bits per heavy atom. The molecule has 16 heavy (non-hydrogen) atoms. The molecule has 1 aliphatic heterocycles. The van der Waals surface area contributed by atoms with Crippen LogP contribution in [0.1, 0.15) is 62.6 Å². The lowest BCUT2D eigenvalue weighted by Crippen LogP contribution is -2.26. The number of rotatable bonds is 3. The summed E-state index contributed by atoms with van der Waals surface area (Å²) in [4.78, 5) is 0. The monoisotopic (exact) mass is 217 g/mol. The molecule has 1 fully saturated rings. The first kappa shape index (κ1) is 11.7. The highest BCUT2D eigenvalue weighted by Gasteiger charge is 2.14. The highest BCUT2D eigenvalue weighted by atomic mass is 14.9. The van der Waals surface area contributed by atoms with E-state index >= 15 is 0 Å². The fourth-order valence-corrected chi connectivity index (χ4v) is 2.43. The summed E-state index contributed by atoms with van der Waals surface area (Å²) in [6.07, 6.45) is 5.22. The predicted molar refractivity (Wildman–Crippen MR) is 69.7 cm³/mol. The first-order chi connectivity index (χ1) is 7.81. The average Bonchev–Trinajstić information content (AvgIpc) is 2.39. The van der Waals surface area contributed by atoms with Gasteiger partial charge in [0.1, 0.15) is 0 Å². The molecule has 2 atom stereocenters. The van der Waals surface area contributed by atoms with Crippen molar-refractivity contribution in [1.82, 2.24) is 5.32 Å². The summed E-state index contributed by atoms with van der Waals surface area (Å²) >= 11 is 0.